The fourth-order valence-corrected chi connectivity index (χ4v) is 3.22. The van der Waals surface area contributed by atoms with Crippen LogP contribution in [0.25, 0.3) is 0 Å². The number of ketones is 1. The van der Waals surface area contributed by atoms with Crippen LogP contribution in [0.1, 0.15) is 31.1 Å². The molecule has 0 heterocycles. The molecule has 0 fully saturated rings. The maximum absolute atomic E-state index is 12.9. The zero-order chi connectivity index (χ0) is 21.5. The van der Waals surface area contributed by atoms with E-state index < -0.39 is 0 Å². The number of amides is 1. The van der Waals surface area contributed by atoms with Crippen molar-refractivity contribution in [3.8, 4) is 5.75 Å². The van der Waals surface area contributed by atoms with Crippen LogP contribution in [0.15, 0.2) is 78.9 Å². The van der Waals surface area contributed by atoms with Gasteiger partial charge in [-0.15, -0.1) is 0 Å². The molecule has 0 saturated carbocycles. The molecule has 0 spiro atoms. The fraction of sp³-hybridized carbons (Fsp3) is 0.200. The smallest absolute Gasteiger partial charge is 0.265 e. The maximum Gasteiger partial charge on any atom is 0.265 e. The lowest BCUT2D eigenvalue weighted by molar-refractivity contribution is -0.120. The minimum absolute atomic E-state index is 0.0444. The zero-order valence-electron chi connectivity index (χ0n) is 17.5. The van der Waals surface area contributed by atoms with Crippen LogP contribution in [0.2, 0.25) is 0 Å². The summed E-state index contributed by atoms with van der Waals surface area (Å²) in [6, 6.07) is 24.5. The Morgan fingerprint density at radius 3 is 2.10 bits per heavy atom. The summed E-state index contributed by atoms with van der Waals surface area (Å²) in [7, 11) is 0. The van der Waals surface area contributed by atoms with Gasteiger partial charge in [-0.1, -0.05) is 30.3 Å². The summed E-state index contributed by atoms with van der Waals surface area (Å²) in [6.07, 6.45) is 0. The Morgan fingerprint density at radius 2 is 1.47 bits per heavy atom. The molecule has 0 aliphatic rings. The van der Waals surface area contributed by atoms with Crippen molar-refractivity contribution in [1.29, 1.82) is 0 Å². The Kier molecular flexibility index (Phi) is 6.86. The first-order valence-electron chi connectivity index (χ1n) is 9.92. The predicted molar refractivity (Wildman–Crippen MR) is 121 cm³/mol. The van der Waals surface area contributed by atoms with Crippen molar-refractivity contribution in [3.05, 3.63) is 84.4 Å². The zero-order valence-corrected chi connectivity index (χ0v) is 17.5. The average molecular weight is 402 g/mol. The van der Waals surface area contributed by atoms with Crippen molar-refractivity contribution in [3.63, 3.8) is 0 Å². The summed E-state index contributed by atoms with van der Waals surface area (Å²) in [4.78, 5) is 26.4. The average Bonchev–Trinajstić information content (AvgIpc) is 2.74. The third-order valence-corrected chi connectivity index (χ3v) is 4.61. The van der Waals surface area contributed by atoms with E-state index in [2.05, 4.69) is 5.32 Å². The highest BCUT2D eigenvalue weighted by Gasteiger charge is 2.20. The van der Waals surface area contributed by atoms with Crippen LogP contribution >= 0.6 is 0 Å². The van der Waals surface area contributed by atoms with Crippen LogP contribution in [0.5, 0.6) is 5.75 Å². The number of Topliss-reactive ketones (excluding diaryl/α,β-unsaturated/α-hetero) is 1. The van der Waals surface area contributed by atoms with E-state index >= 15 is 0 Å². The molecule has 0 unspecified atom stereocenters. The minimum atomic E-state index is -0.174. The van der Waals surface area contributed by atoms with Crippen LogP contribution in [-0.4, -0.2) is 24.3 Å². The summed E-state index contributed by atoms with van der Waals surface area (Å²) in [5, 5.41) is 3.33. The normalized spacial score (nSPS) is 10.5. The predicted octanol–water partition coefficient (Wildman–Crippen LogP) is 5.45. The molecule has 1 N–H and O–H groups in total. The van der Waals surface area contributed by atoms with Crippen LogP contribution in [0, 0.1) is 0 Å². The molecule has 154 valence electrons. The lowest BCUT2D eigenvalue weighted by Gasteiger charge is -2.27. The maximum atomic E-state index is 12.9. The van der Waals surface area contributed by atoms with Crippen LogP contribution in [0.4, 0.5) is 17.1 Å². The largest absolute Gasteiger partial charge is 0.483 e. The minimum Gasteiger partial charge on any atom is -0.483 e. The van der Waals surface area contributed by atoms with Crippen molar-refractivity contribution in [2.24, 2.45) is 0 Å². The van der Waals surface area contributed by atoms with E-state index in [1.165, 1.54) is 6.92 Å². The first-order valence-corrected chi connectivity index (χ1v) is 9.92. The molecule has 0 aromatic heterocycles. The van der Waals surface area contributed by atoms with E-state index in [1.807, 2.05) is 68.4 Å². The Labute approximate surface area is 177 Å². The van der Waals surface area contributed by atoms with Gasteiger partial charge in [0.15, 0.2) is 12.4 Å². The molecule has 0 radical (unpaired) electrons. The van der Waals surface area contributed by atoms with E-state index in [1.54, 1.807) is 29.2 Å². The second-order valence-electron chi connectivity index (χ2n) is 7.24. The number of nitrogens with one attached hydrogen (secondary N) is 1. The number of anilines is 3. The lowest BCUT2D eigenvalue weighted by Crippen LogP contribution is -2.40. The molecule has 1 amide bonds. The molecule has 0 atom stereocenters. The Morgan fingerprint density at radius 1 is 0.867 bits per heavy atom. The summed E-state index contributed by atoms with van der Waals surface area (Å²) < 4.78 is 5.69. The fourth-order valence-electron chi connectivity index (χ4n) is 3.22. The number of nitrogens with zero attached hydrogens (tertiary/aromatic N) is 1. The number of ether oxygens (including phenoxy) is 1. The first-order chi connectivity index (χ1) is 14.5. The number of para-hydroxylation sites is 2. The van der Waals surface area contributed by atoms with Crippen LogP contribution in [-0.2, 0) is 4.79 Å². The topological polar surface area (TPSA) is 58.6 Å². The second kappa shape index (κ2) is 9.74. The van der Waals surface area contributed by atoms with Gasteiger partial charge in [0.25, 0.3) is 5.91 Å². The van der Waals surface area contributed by atoms with Gasteiger partial charge in [0.05, 0.1) is 5.56 Å². The van der Waals surface area contributed by atoms with Gasteiger partial charge < -0.3 is 15.0 Å². The summed E-state index contributed by atoms with van der Waals surface area (Å²) in [5.41, 5.74) is 3.20. The molecule has 3 aromatic rings. The van der Waals surface area contributed by atoms with Gasteiger partial charge >= 0.3 is 0 Å². The van der Waals surface area contributed by atoms with Gasteiger partial charge in [-0.3, -0.25) is 9.59 Å². The second-order valence-corrected chi connectivity index (χ2v) is 7.24. The third-order valence-electron chi connectivity index (χ3n) is 4.61. The lowest BCUT2D eigenvalue weighted by atomic mass is 10.1. The molecule has 0 saturated heterocycles. The summed E-state index contributed by atoms with van der Waals surface area (Å²) >= 11 is 0. The van der Waals surface area contributed by atoms with Crippen molar-refractivity contribution in [2.75, 3.05) is 16.8 Å². The SMILES string of the molecule is CC(=O)c1ccccc1OCC(=O)N(c1ccc(Nc2ccccc2)cc1)C(C)C. The molecule has 0 aliphatic carbocycles. The van der Waals surface area contributed by atoms with Gasteiger partial charge in [0, 0.05) is 23.1 Å². The van der Waals surface area contributed by atoms with Crippen molar-refractivity contribution >= 4 is 28.8 Å². The molecule has 5 nitrogen and oxygen atoms in total. The Hall–Kier alpha value is -3.60. The van der Waals surface area contributed by atoms with Crippen molar-refractivity contribution in [2.45, 2.75) is 26.8 Å². The van der Waals surface area contributed by atoms with Gasteiger partial charge in [0.2, 0.25) is 0 Å². The van der Waals surface area contributed by atoms with Crippen LogP contribution < -0.4 is 15.0 Å². The van der Waals surface area contributed by atoms with E-state index in [-0.39, 0.29) is 24.3 Å². The first kappa shape index (κ1) is 21.1. The van der Waals surface area contributed by atoms with E-state index in [9.17, 15) is 9.59 Å². The molecule has 0 aliphatic heterocycles. The molecular weight excluding hydrogens is 376 g/mol. The van der Waals surface area contributed by atoms with Crippen LogP contribution in [0.3, 0.4) is 0 Å². The highest BCUT2D eigenvalue weighted by Crippen LogP contribution is 2.24. The molecule has 5 heteroatoms. The Bertz CT molecular complexity index is 998. The van der Waals surface area contributed by atoms with Crippen molar-refractivity contribution < 1.29 is 14.3 Å². The summed E-state index contributed by atoms with van der Waals surface area (Å²) in [6.45, 7) is 5.25. The number of hydrogen-bond acceptors (Lipinski definition) is 4. The number of hydrogen-bond donors (Lipinski definition) is 1. The molecular formula is C25H26N2O3. The molecule has 30 heavy (non-hydrogen) atoms. The van der Waals surface area contributed by atoms with Gasteiger partial charge in [-0.05, 0) is 69.3 Å². The van der Waals surface area contributed by atoms with E-state index in [4.69, 9.17) is 4.74 Å². The molecule has 0 bridgehead atoms. The van der Waals surface area contributed by atoms with Crippen molar-refractivity contribution in [1.82, 2.24) is 0 Å². The van der Waals surface area contributed by atoms with Gasteiger partial charge in [0.1, 0.15) is 5.75 Å². The number of carbonyl (C=O) groups excluding carboxylic acids is 2. The highest BCUT2D eigenvalue weighted by molar-refractivity contribution is 5.97. The number of rotatable bonds is 8. The number of benzene rings is 3. The Balaban J connectivity index is 1.71. The highest BCUT2D eigenvalue weighted by atomic mass is 16.5. The van der Waals surface area contributed by atoms with E-state index in [0.717, 1.165) is 17.1 Å². The van der Waals surface area contributed by atoms with Gasteiger partial charge in [-0.25, -0.2) is 0 Å². The van der Waals surface area contributed by atoms with E-state index in [0.29, 0.717) is 11.3 Å². The monoisotopic (exact) mass is 402 g/mol. The summed E-state index contributed by atoms with van der Waals surface area (Å²) in [5.74, 6) is 0.150. The third kappa shape index (κ3) is 5.26. The molecule has 3 rings (SSSR count). The number of carbonyl (C=O) groups is 2. The van der Waals surface area contributed by atoms with Gasteiger partial charge in [-0.2, -0.15) is 0 Å². The molecule has 3 aromatic carbocycles. The standard InChI is InChI=1S/C25H26N2O3/c1-18(2)27(25(29)17-30-24-12-8-7-11-23(24)19(3)28)22-15-13-21(14-16-22)26-20-9-5-4-6-10-20/h4-16,18,26H,17H2,1-3H3. The quantitative estimate of drug-likeness (QED) is 0.509.